The lowest BCUT2D eigenvalue weighted by Gasteiger charge is -2.06. The number of hydrogen-bond donors (Lipinski definition) is 2. The molecule has 1 amide bonds. The predicted octanol–water partition coefficient (Wildman–Crippen LogP) is 1.60. The van der Waals surface area contributed by atoms with Crippen LogP contribution >= 0.6 is 11.3 Å². The molecule has 1 aliphatic rings. The van der Waals surface area contributed by atoms with Gasteiger partial charge in [-0.05, 0) is 25.7 Å². The van der Waals surface area contributed by atoms with E-state index in [0.29, 0.717) is 5.13 Å². The van der Waals surface area contributed by atoms with Crippen molar-refractivity contribution in [2.24, 2.45) is 0 Å². The Bertz CT molecular complexity index is 456. The third-order valence-electron chi connectivity index (χ3n) is 2.45. The predicted molar refractivity (Wildman–Crippen MR) is 64.2 cm³/mol. The van der Waals surface area contributed by atoms with E-state index >= 15 is 0 Å². The first-order chi connectivity index (χ1) is 8.15. The number of amides is 1. The van der Waals surface area contributed by atoms with Crippen LogP contribution in [0.4, 0.5) is 5.13 Å². The van der Waals surface area contributed by atoms with E-state index in [9.17, 15) is 9.59 Å². The molecule has 0 saturated carbocycles. The van der Waals surface area contributed by atoms with Gasteiger partial charge >= 0.3 is 5.97 Å². The SMILES string of the molecule is O=C(O)/C=C/C(=O)Nc1nc2c(s1)CCCC2. The van der Waals surface area contributed by atoms with Crippen molar-refractivity contribution < 1.29 is 14.7 Å². The molecule has 0 aromatic carbocycles. The van der Waals surface area contributed by atoms with Crippen LogP contribution in [0.3, 0.4) is 0 Å². The van der Waals surface area contributed by atoms with E-state index in [1.54, 1.807) is 0 Å². The van der Waals surface area contributed by atoms with Gasteiger partial charge in [-0.2, -0.15) is 0 Å². The van der Waals surface area contributed by atoms with Crippen molar-refractivity contribution in [1.82, 2.24) is 4.98 Å². The Balaban J connectivity index is 2.01. The maximum atomic E-state index is 11.3. The molecule has 0 spiro atoms. The van der Waals surface area contributed by atoms with Crippen molar-refractivity contribution in [2.75, 3.05) is 5.32 Å². The molecule has 17 heavy (non-hydrogen) atoms. The molecule has 0 unspecified atom stereocenters. The summed E-state index contributed by atoms with van der Waals surface area (Å²) in [6.45, 7) is 0. The van der Waals surface area contributed by atoms with Crippen molar-refractivity contribution >= 4 is 28.3 Å². The molecule has 0 aliphatic heterocycles. The number of carboxylic acid groups (broad SMARTS) is 1. The number of carbonyl (C=O) groups excluding carboxylic acids is 1. The summed E-state index contributed by atoms with van der Waals surface area (Å²) in [6, 6.07) is 0. The van der Waals surface area contributed by atoms with Gasteiger partial charge in [0.25, 0.3) is 0 Å². The van der Waals surface area contributed by atoms with Crippen molar-refractivity contribution in [3.8, 4) is 0 Å². The summed E-state index contributed by atoms with van der Waals surface area (Å²) in [7, 11) is 0. The molecular formula is C11H12N2O3S. The Labute approximate surface area is 102 Å². The number of hydrogen-bond acceptors (Lipinski definition) is 4. The summed E-state index contributed by atoms with van der Waals surface area (Å²) < 4.78 is 0. The maximum absolute atomic E-state index is 11.3. The number of anilines is 1. The van der Waals surface area contributed by atoms with Gasteiger partial charge in [0.2, 0.25) is 5.91 Å². The fourth-order valence-corrected chi connectivity index (χ4v) is 2.75. The second-order valence-corrected chi connectivity index (χ2v) is 4.84. The average molecular weight is 252 g/mol. The number of aliphatic carboxylic acids is 1. The minimum atomic E-state index is -1.14. The van der Waals surface area contributed by atoms with Crippen LogP contribution in [-0.4, -0.2) is 22.0 Å². The minimum absolute atomic E-state index is 0.460. The van der Waals surface area contributed by atoms with Gasteiger partial charge in [-0.25, -0.2) is 9.78 Å². The Morgan fingerprint density at radius 1 is 1.29 bits per heavy atom. The van der Waals surface area contributed by atoms with Crippen molar-refractivity contribution in [3.05, 3.63) is 22.7 Å². The van der Waals surface area contributed by atoms with Crippen LogP contribution in [0.2, 0.25) is 0 Å². The third-order valence-corrected chi connectivity index (χ3v) is 3.53. The second-order valence-electron chi connectivity index (χ2n) is 3.76. The molecule has 0 radical (unpaired) electrons. The van der Waals surface area contributed by atoms with E-state index in [2.05, 4.69) is 10.3 Å². The number of aryl methyl sites for hydroxylation is 2. The smallest absolute Gasteiger partial charge is 0.328 e. The third kappa shape index (κ3) is 3.13. The second kappa shape index (κ2) is 5.09. The molecule has 1 aromatic rings. The first kappa shape index (κ1) is 11.8. The van der Waals surface area contributed by atoms with Gasteiger partial charge in [0.1, 0.15) is 0 Å². The summed E-state index contributed by atoms with van der Waals surface area (Å²) in [5.74, 6) is -1.60. The van der Waals surface area contributed by atoms with Crippen molar-refractivity contribution in [3.63, 3.8) is 0 Å². The van der Waals surface area contributed by atoms with E-state index in [4.69, 9.17) is 5.11 Å². The highest BCUT2D eigenvalue weighted by Gasteiger charge is 2.15. The Morgan fingerprint density at radius 2 is 2.06 bits per heavy atom. The molecule has 5 nitrogen and oxygen atoms in total. The number of aromatic nitrogens is 1. The van der Waals surface area contributed by atoms with Gasteiger partial charge < -0.3 is 5.11 Å². The lowest BCUT2D eigenvalue weighted by Crippen LogP contribution is -2.08. The van der Waals surface area contributed by atoms with Gasteiger partial charge in [0.05, 0.1) is 5.69 Å². The summed E-state index contributed by atoms with van der Waals surface area (Å²) in [6.07, 6.45) is 6.09. The van der Waals surface area contributed by atoms with Crippen molar-refractivity contribution in [1.29, 1.82) is 0 Å². The highest BCUT2D eigenvalue weighted by molar-refractivity contribution is 7.15. The van der Waals surface area contributed by atoms with Gasteiger partial charge in [-0.3, -0.25) is 10.1 Å². The number of thiazole rings is 1. The van der Waals surface area contributed by atoms with Gasteiger partial charge in [0, 0.05) is 17.0 Å². The van der Waals surface area contributed by atoms with Crippen molar-refractivity contribution in [2.45, 2.75) is 25.7 Å². The van der Waals surface area contributed by atoms with Crippen LogP contribution in [0.25, 0.3) is 0 Å². The molecule has 1 aliphatic carbocycles. The molecule has 2 rings (SSSR count). The summed E-state index contributed by atoms with van der Waals surface area (Å²) in [4.78, 5) is 27.1. The lowest BCUT2D eigenvalue weighted by atomic mass is 10.0. The standard InChI is InChI=1S/C11H12N2O3S/c14-9(5-6-10(15)16)13-11-12-7-3-1-2-4-8(7)17-11/h5-6H,1-4H2,(H,15,16)(H,12,13,14)/b6-5+. The first-order valence-electron chi connectivity index (χ1n) is 5.36. The summed E-state index contributed by atoms with van der Waals surface area (Å²) in [5.41, 5.74) is 1.07. The van der Waals surface area contributed by atoms with Gasteiger partial charge in [-0.15, -0.1) is 11.3 Å². The molecule has 1 heterocycles. The fraction of sp³-hybridized carbons (Fsp3) is 0.364. The molecule has 90 valence electrons. The molecule has 1 aromatic heterocycles. The number of fused-ring (bicyclic) bond motifs is 1. The van der Waals surface area contributed by atoms with Crippen LogP contribution in [-0.2, 0) is 22.4 Å². The molecule has 0 bridgehead atoms. The van der Waals surface area contributed by atoms with Crippen LogP contribution in [0.1, 0.15) is 23.4 Å². The number of carboxylic acids is 1. The Kier molecular flexibility index (Phi) is 3.53. The maximum Gasteiger partial charge on any atom is 0.328 e. The number of carbonyl (C=O) groups is 2. The molecule has 0 atom stereocenters. The van der Waals surface area contributed by atoms with Gasteiger partial charge in [0.15, 0.2) is 5.13 Å². The quantitative estimate of drug-likeness (QED) is 0.801. The van der Waals surface area contributed by atoms with E-state index in [1.807, 2.05) is 0 Å². The summed E-state index contributed by atoms with van der Waals surface area (Å²) in [5, 5.41) is 11.5. The molecule has 0 fully saturated rings. The van der Waals surface area contributed by atoms with Crippen LogP contribution < -0.4 is 5.32 Å². The Morgan fingerprint density at radius 3 is 2.76 bits per heavy atom. The molecule has 2 N–H and O–H groups in total. The highest BCUT2D eigenvalue weighted by atomic mass is 32.1. The van der Waals surface area contributed by atoms with E-state index in [1.165, 1.54) is 22.6 Å². The highest BCUT2D eigenvalue weighted by Crippen LogP contribution is 2.29. The first-order valence-corrected chi connectivity index (χ1v) is 6.17. The van der Waals surface area contributed by atoms with Crippen LogP contribution in [0.15, 0.2) is 12.2 Å². The van der Waals surface area contributed by atoms with Crippen LogP contribution in [0.5, 0.6) is 0 Å². The van der Waals surface area contributed by atoms with E-state index in [0.717, 1.165) is 37.1 Å². The van der Waals surface area contributed by atoms with Gasteiger partial charge in [-0.1, -0.05) is 0 Å². The molecular weight excluding hydrogens is 240 g/mol. The monoisotopic (exact) mass is 252 g/mol. The zero-order valence-corrected chi connectivity index (χ0v) is 9.92. The van der Waals surface area contributed by atoms with E-state index in [-0.39, 0.29) is 0 Å². The summed E-state index contributed by atoms with van der Waals surface area (Å²) >= 11 is 1.47. The number of rotatable bonds is 3. The fourth-order valence-electron chi connectivity index (χ4n) is 1.70. The zero-order chi connectivity index (χ0) is 12.3. The lowest BCUT2D eigenvalue weighted by molar-refractivity contribution is -0.131. The normalized spacial score (nSPS) is 14.6. The average Bonchev–Trinajstić information content (AvgIpc) is 2.68. The minimum Gasteiger partial charge on any atom is -0.478 e. The topological polar surface area (TPSA) is 79.3 Å². The number of nitrogens with one attached hydrogen (secondary N) is 1. The number of nitrogens with zero attached hydrogens (tertiary/aromatic N) is 1. The Hall–Kier alpha value is -1.69. The van der Waals surface area contributed by atoms with Crippen LogP contribution in [0, 0.1) is 0 Å². The zero-order valence-electron chi connectivity index (χ0n) is 9.10. The van der Waals surface area contributed by atoms with E-state index < -0.39 is 11.9 Å². The molecule has 6 heteroatoms. The largest absolute Gasteiger partial charge is 0.478 e. The molecule has 0 saturated heterocycles.